The van der Waals surface area contributed by atoms with Gasteiger partial charge in [-0.2, -0.15) is 0 Å². The monoisotopic (exact) mass is 516 g/mol. The van der Waals surface area contributed by atoms with E-state index in [0.29, 0.717) is 22.1 Å². The van der Waals surface area contributed by atoms with E-state index in [9.17, 15) is 43.9 Å². The van der Waals surface area contributed by atoms with Gasteiger partial charge in [-0.25, -0.2) is 9.88 Å². The maximum absolute atomic E-state index is 11.8. The molecule has 6 N–H and O–H groups in total. The smallest absolute Gasteiger partial charge is 0.367 e. The lowest BCUT2D eigenvalue weighted by atomic mass is 10.2. The number of rotatable bonds is 9. The molecule has 0 fully saturated rings. The molecule has 0 atom stereocenters. The van der Waals surface area contributed by atoms with Gasteiger partial charge in [0.05, 0.1) is 11.5 Å². The van der Waals surface area contributed by atoms with Gasteiger partial charge in [0.25, 0.3) is 10.8 Å². The Bertz CT molecular complexity index is 1220. The molecule has 33 heavy (non-hydrogen) atoms. The van der Waals surface area contributed by atoms with Crippen molar-refractivity contribution in [2.75, 3.05) is 5.32 Å². The fourth-order valence-corrected chi connectivity index (χ4v) is 6.13. The second-order valence-electron chi connectivity index (χ2n) is 6.99. The van der Waals surface area contributed by atoms with Gasteiger partial charge in [0.15, 0.2) is 0 Å². The molecule has 0 spiro atoms. The van der Waals surface area contributed by atoms with Crippen molar-refractivity contribution in [3.05, 3.63) is 70.1 Å². The molecular weight excluding hydrogens is 496 g/mol. The summed E-state index contributed by atoms with van der Waals surface area (Å²) in [6, 6.07) is 14.4. The summed E-state index contributed by atoms with van der Waals surface area (Å²) in [5.74, 6) is 0. The molecule has 3 aromatic rings. The minimum absolute atomic E-state index is 0.113. The van der Waals surface area contributed by atoms with Crippen LogP contribution in [0.25, 0.3) is 11.3 Å². The van der Waals surface area contributed by atoms with E-state index in [1.807, 2.05) is 0 Å². The van der Waals surface area contributed by atoms with E-state index in [4.69, 9.17) is 0 Å². The molecule has 12 nitrogen and oxygen atoms in total. The Hall–Kier alpha value is -2.47. The van der Waals surface area contributed by atoms with Crippen molar-refractivity contribution in [1.29, 1.82) is 0 Å². The molecule has 0 unspecified atom stereocenters. The van der Waals surface area contributed by atoms with E-state index in [1.165, 1.54) is 40.2 Å². The molecule has 1 aromatic heterocycles. The molecule has 1 heterocycles. The Balaban J connectivity index is 2.00. The van der Waals surface area contributed by atoms with Crippen LogP contribution in [0, 0.1) is 10.1 Å². The number of aliphatic hydroxyl groups is 1. The average Bonchev–Trinajstić information content (AvgIpc) is 3.13. The number of anilines is 2. The number of non-ortho nitro benzene ring substituents is 1. The molecule has 176 valence electrons. The number of nitro benzene ring substituents is 1. The van der Waals surface area contributed by atoms with E-state index in [1.54, 1.807) is 35.7 Å². The van der Waals surface area contributed by atoms with Gasteiger partial charge in [-0.3, -0.25) is 19.2 Å². The first-order chi connectivity index (χ1) is 15.3. The van der Waals surface area contributed by atoms with Gasteiger partial charge in [0.2, 0.25) is 0 Å². The Morgan fingerprint density at radius 3 is 2.09 bits per heavy atom. The third-order valence-corrected chi connectivity index (χ3v) is 9.58. The number of benzene rings is 2. The molecule has 0 saturated heterocycles. The molecular formula is C18H20N3O9P2S+. The van der Waals surface area contributed by atoms with Crippen LogP contribution in [0.3, 0.4) is 0 Å². The Kier molecular flexibility index (Phi) is 7.18. The van der Waals surface area contributed by atoms with Gasteiger partial charge in [0.1, 0.15) is 11.4 Å². The molecule has 15 heteroatoms. The van der Waals surface area contributed by atoms with E-state index >= 15 is 0 Å². The molecule has 0 amide bonds. The highest BCUT2D eigenvalue weighted by Crippen LogP contribution is 2.68. The normalized spacial score (nSPS) is 12.5. The zero-order valence-electron chi connectivity index (χ0n) is 16.8. The van der Waals surface area contributed by atoms with Crippen LogP contribution in [0.5, 0.6) is 0 Å². The maximum atomic E-state index is 11.8. The number of nitro groups is 1. The quantitative estimate of drug-likeness (QED) is 0.107. The molecule has 0 aliphatic heterocycles. The number of hydrogen-bond acceptors (Lipinski definition) is 7. The van der Waals surface area contributed by atoms with Crippen molar-refractivity contribution in [2.24, 2.45) is 0 Å². The molecule has 0 saturated carbocycles. The summed E-state index contributed by atoms with van der Waals surface area (Å²) in [5.41, 5.74) is 1.62. The van der Waals surface area contributed by atoms with Crippen LogP contribution in [0.1, 0.15) is 6.42 Å². The van der Waals surface area contributed by atoms with Crippen molar-refractivity contribution in [3.63, 3.8) is 0 Å². The van der Waals surface area contributed by atoms with Gasteiger partial charge in [-0.05, 0) is 12.1 Å². The van der Waals surface area contributed by atoms with Crippen LogP contribution >= 0.6 is 26.5 Å². The summed E-state index contributed by atoms with van der Waals surface area (Å²) in [7, 11) is -11.2. The summed E-state index contributed by atoms with van der Waals surface area (Å²) < 4.78 is 25.0. The van der Waals surface area contributed by atoms with Gasteiger partial charge in [0, 0.05) is 29.5 Å². The minimum Gasteiger partial charge on any atom is -0.367 e. The van der Waals surface area contributed by atoms with Crippen LogP contribution in [0.2, 0.25) is 0 Å². The first kappa shape index (κ1) is 25.2. The maximum Gasteiger partial charge on any atom is 0.369 e. The van der Waals surface area contributed by atoms with Crippen LogP contribution in [0.4, 0.5) is 16.5 Å². The lowest BCUT2D eigenvalue weighted by Gasteiger charge is -2.28. The second kappa shape index (κ2) is 9.41. The minimum atomic E-state index is -5.61. The fourth-order valence-electron chi connectivity index (χ4n) is 3.01. The molecule has 3 rings (SSSR count). The van der Waals surface area contributed by atoms with Crippen LogP contribution < -0.4 is 9.88 Å². The van der Waals surface area contributed by atoms with E-state index in [-0.39, 0.29) is 12.2 Å². The highest BCUT2D eigenvalue weighted by Gasteiger charge is 2.59. The molecule has 0 radical (unpaired) electrons. The van der Waals surface area contributed by atoms with E-state index < -0.39 is 31.6 Å². The van der Waals surface area contributed by atoms with Gasteiger partial charge in [-0.1, -0.05) is 41.7 Å². The van der Waals surface area contributed by atoms with Crippen LogP contribution in [-0.4, -0.2) is 34.7 Å². The average molecular weight is 516 g/mol. The zero-order valence-corrected chi connectivity index (χ0v) is 19.4. The van der Waals surface area contributed by atoms with Crippen LogP contribution in [-0.2, 0) is 15.7 Å². The number of nitrogens with one attached hydrogen (secondary N) is 1. The summed E-state index contributed by atoms with van der Waals surface area (Å²) in [5, 5.41) is 22.7. The van der Waals surface area contributed by atoms with Crippen molar-refractivity contribution in [1.82, 2.24) is 0 Å². The predicted molar refractivity (Wildman–Crippen MR) is 120 cm³/mol. The number of nitrogens with zero attached hydrogens (tertiary/aromatic N) is 2. The SMILES string of the molecule is O=[N+]([O-])c1ccc(Nc2scc(-c3ccccc3)[n+]2CCC(O)(P(=O)(O)O)P(=O)(O)O)cc1. The predicted octanol–water partition coefficient (Wildman–Crippen LogP) is 2.75. The number of thiazole rings is 1. The summed E-state index contributed by atoms with van der Waals surface area (Å²) in [4.78, 5) is 48.1. The first-order valence-corrected chi connectivity index (χ1v) is 13.4. The second-order valence-corrected chi connectivity index (χ2v) is 11.9. The van der Waals surface area contributed by atoms with Crippen LogP contribution in [0.15, 0.2) is 60.0 Å². The van der Waals surface area contributed by atoms with Crippen molar-refractivity contribution in [2.45, 2.75) is 18.0 Å². The Labute approximate surface area is 191 Å². The highest BCUT2D eigenvalue weighted by molar-refractivity contribution is 7.72. The third kappa shape index (κ3) is 5.37. The lowest BCUT2D eigenvalue weighted by Crippen LogP contribution is -2.41. The summed E-state index contributed by atoms with van der Waals surface area (Å²) in [6.45, 7) is -0.365. The highest BCUT2D eigenvalue weighted by atomic mass is 32.1. The van der Waals surface area contributed by atoms with E-state index in [2.05, 4.69) is 5.32 Å². The van der Waals surface area contributed by atoms with Gasteiger partial charge in [-0.15, -0.1) is 0 Å². The third-order valence-electron chi connectivity index (χ3n) is 4.82. The van der Waals surface area contributed by atoms with Gasteiger partial charge >= 0.3 is 20.3 Å². The number of aromatic nitrogens is 1. The molecule has 2 aromatic carbocycles. The lowest BCUT2D eigenvalue weighted by molar-refractivity contribution is -0.669. The molecule has 0 bridgehead atoms. The molecule has 0 aliphatic carbocycles. The van der Waals surface area contributed by atoms with E-state index in [0.717, 1.165) is 0 Å². The fraction of sp³-hybridized carbons (Fsp3) is 0.167. The zero-order chi connectivity index (χ0) is 24.4. The summed E-state index contributed by atoms with van der Waals surface area (Å²) in [6.07, 6.45) is -0.947. The first-order valence-electron chi connectivity index (χ1n) is 9.25. The van der Waals surface area contributed by atoms with Crippen molar-refractivity contribution < 1.29 is 43.3 Å². The standard InChI is InChI=1S/C18H19N3O9P2S/c22-18(31(25,26)27,32(28,29)30)10-11-20-16(13-4-2-1-3-5-13)12-33-17(20)19-14-6-8-15(9-7-14)21(23)24/h1-9,12,22H,10-11H2,(H4,25,26,27,28,29,30)/p+1. The topological polar surface area (TPSA) is 194 Å². The van der Waals surface area contributed by atoms with Gasteiger partial charge < -0.3 is 24.7 Å². The Morgan fingerprint density at radius 1 is 1.00 bits per heavy atom. The largest absolute Gasteiger partial charge is 0.369 e. The summed E-state index contributed by atoms with van der Waals surface area (Å²) >= 11 is 1.19. The molecule has 0 aliphatic rings. The Morgan fingerprint density at radius 2 is 1.58 bits per heavy atom. The number of hydrogen-bond donors (Lipinski definition) is 6. The van der Waals surface area contributed by atoms with Crippen molar-refractivity contribution >= 4 is 43.0 Å². The van der Waals surface area contributed by atoms with Crippen molar-refractivity contribution in [3.8, 4) is 11.3 Å².